The zero-order valence-corrected chi connectivity index (χ0v) is 10.7. The highest BCUT2D eigenvalue weighted by molar-refractivity contribution is 5.16. The molecule has 90 valence electrons. The van der Waals surface area contributed by atoms with Gasteiger partial charge in [0.05, 0.1) is 7.11 Å². The van der Waals surface area contributed by atoms with Crippen molar-refractivity contribution < 1.29 is 4.74 Å². The summed E-state index contributed by atoms with van der Waals surface area (Å²) in [5, 5.41) is 3.34. The molecule has 0 amide bonds. The minimum absolute atomic E-state index is 0.486. The Labute approximate surface area is 98.2 Å². The minimum Gasteiger partial charge on any atom is -0.481 e. The van der Waals surface area contributed by atoms with Crippen molar-refractivity contribution in [3.63, 3.8) is 0 Å². The van der Waals surface area contributed by atoms with Gasteiger partial charge in [0.2, 0.25) is 5.88 Å². The molecule has 0 saturated heterocycles. The van der Waals surface area contributed by atoms with Crippen LogP contribution in [-0.2, 0) is 6.42 Å². The molecule has 0 aliphatic heterocycles. The zero-order chi connectivity index (χ0) is 12.0. The van der Waals surface area contributed by atoms with Crippen LogP contribution < -0.4 is 10.1 Å². The average Bonchev–Trinajstić information content (AvgIpc) is 2.28. The maximum absolute atomic E-state index is 5.12. The Morgan fingerprint density at radius 1 is 1.38 bits per heavy atom. The smallest absolute Gasteiger partial charge is 0.213 e. The molecule has 0 aliphatic carbocycles. The highest BCUT2D eigenvalue weighted by Gasteiger charge is 2.10. The van der Waals surface area contributed by atoms with Crippen molar-refractivity contribution in [2.75, 3.05) is 14.2 Å². The summed E-state index contributed by atoms with van der Waals surface area (Å²) in [6.45, 7) is 4.48. The van der Waals surface area contributed by atoms with Crippen LogP contribution in [-0.4, -0.2) is 25.2 Å². The normalized spacial score (nSPS) is 12.8. The van der Waals surface area contributed by atoms with E-state index in [2.05, 4.69) is 24.1 Å². The summed E-state index contributed by atoms with van der Waals surface area (Å²) in [5.41, 5.74) is 1.08. The first kappa shape index (κ1) is 13.0. The van der Waals surface area contributed by atoms with Crippen LogP contribution in [0.4, 0.5) is 0 Å². The van der Waals surface area contributed by atoms with Gasteiger partial charge in [0.15, 0.2) is 0 Å². The van der Waals surface area contributed by atoms with Crippen LogP contribution in [0.15, 0.2) is 18.2 Å². The highest BCUT2D eigenvalue weighted by atomic mass is 16.5. The van der Waals surface area contributed by atoms with Crippen LogP contribution in [0.2, 0.25) is 0 Å². The van der Waals surface area contributed by atoms with E-state index in [9.17, 15) is 0 Å². The minimum atomic E-state index is 0.486. The number of methoxy groups -OCH3 is 1. The first-order valence-electron chi connectivity index (χ1n) is 5.83. The third kappa shape index (κ3) is 4.19. The second-order valence-corrected chi connectivity index (χ2v) is 4.49. The maximum Gasteiger partial charge on any atom is 0.213 e. The molecule has 1 atom stereocenters. The summed E-state index contributed by atoms with van der Waals surface area (Å²) in [5.74, 6) is 1.39. The predicted octanol–water partition coefficient (Wildman–Crippen LogP) is 2.27. The molecule has 0 aromatic carbocycles. The van der Waals surface area contributed by atoms with E-state index < -0.39 is 0 Å². The third-order valence-corrected chi connectivity index (χ3v) is 2.61. The van der Waals surface area contributed by atoms with Gasteiger partial charge in [-0.15, -0.1) is 0 Å². The second-order valence-electron chi connectivity index (χ2n) is 4.49. The molecule has 0 saturated carbocycles. The molecule has 1 heterocycles. The largest absolute Gasteiger partial charge is 0.481 e. The number of aromatic nitrogens is 1. The molecule has 0 radical (unpaired) electrons. The molecule has 1 aromatic rings. The Morgan fingerprint density at radius 2 is 2.12 bits per heavy atom. The van der Waals surface area contributed by atoms with Crippen LogP contribution in [0.25, 0.3) is 0 Å². The van der Waals surface area contributed by atoms with Crippen molar-refractivity contribution in [1.29, 1.82) is 0 Å². The molecular formula is C13H22N2O. The monoisotopic (exact) mass is 222 g/mol. The summed E-state index contributed by atoms with van der Waals surface area (Å²) in [6, 6.07) is 6.40. The van der Waals surface area contributed by atoms with E-state index in [1.807, 2.05) is 25.2 Å². The van der Waals surface area contributed by atoms with E-state index in [1.165, 1.54) is 0 Å². The number of hydrogen-bond acceptors (Lipinski definition) is 3. The van der Waals surface area contributed by atoms with Crippen LogP contribution in [0.5, 0.6) is 5.88 Å². The van der Waals surface area contributed by atoms with E-state index in [0.29, 0.717) is 17.8 Å². The molecule has 3 heteroatoms. The predicted molar refractivity (Wildman–Crippen MR) is 66.8 cm³/mol. The fourth-order valence-electron chi connectivity index (χ4n) is 1.81. The van der Waals surface area contributed by atoms with Gasteiger partial charge in [0.25, 0.3) is 0 Å². The van der Waals surface area contributed by atoms with Crippen molar-refractivity contribution in [1.82, 2.24) is 10.3 Å². The molecule has 0 fully saturated rings. The number of nitrogens with one attached hydrogen (secondary N) is 1. The van der Waals surface area contributed by atoms with Gasteiger partial charge in [-0.25, -0.2) is 4.98 Å². The average molecular weight is 222 g/mol. The standard InChI is InChI=1S/C13H22N2O/c1-10(2)8-12(14-3)9-11-6-5-7-13(15-11)16-4/h5-7,10,12,14H,8-9H2,1-4H3. The van der Waals surface area contributed by atoms with Gasteiger partial charge in [-0.05, 0) is 25.5 Å². The zero-order valence-electron chi connectivity index (χ0n) is 10.7. The molecule has 1 N–H and O–H groups in total. The second kappa shape index (κ2) is 6.48. The molecule has 1 aromatic heterocycles. The van der Waals surface area contributed by atoms with Crippen molar-refractivity contribution in [3.05, 3.63) is 23.9 Å². The number of likely N-dealkylation sites (N-methyl/N-ethyl adjacent to an activating group) is 1. The number of hydrogen-bond donors (Lipinski definition) is 1. The van der Waals surface area contributed by atoms with Gasteiger partial charge < -0.3 is 10.1 Å². The van der Waals surface area contributed by atoms with Gasteiger partial charge in [0, 0.05) is 24.2 Å². The third-order valence-electron chi connectivity index (χ3n) is 2.61. The van der Waals surface area contributed by atoms with Gasteiger partial charge in [-0.3, -0.25) is 0 Å². The highest BCUT2D eigenvalue weighted by Crippen LogP contribution is 2.12. The number of pyridine rings is 1. The number of rotatable bonds is 6. The van der Waals surface area contributed by atoms with Crippen LogP contribution in [0.3, 0.4) is 0 Å². The lowest BCUT2D eigenvalue weighted by atomic mass is 10.00. The van der Waals surface area contributed by atoms with Gasteiger partial charge >= 0.3 is 0 Å². The van der Waals surface area contributed by atoms with Crippen LogP contribution >= 0.6 is 0 Å². The van der Waals surface area contributed by atoms with Gasteiger partial charge in [0.1, 0.15) is 0 Å². The lowest BCUT2D eigenvalue weighted by molar-refractivity contribution is 0.392. The first-order valence-corrected chi connectivity index (χ1v) is 5.83. The number of nitrogens with zero attached hydrogens (tertiary/aromatic N) is 1. The summed E-state index contributed by atoms with van der Waals surface area (Å²) < 4.78 is 5.12. The Hall–Kier alpha value is -1.09. The van der Waals surface area contributed by atoms with E-state index >= 15 is 0 Å². The van der Waals surface area contributed by atoms with E-state index in [-0.39, 0.29) is 0 Å². The molecule has 1 rings (SSSR count). The van der Waals surface area contributed by atoms with E-state index in [4.69, 9.17) is 4.74 Å². The van der Waals surface area contributed by atoms with E-state index in [0.717, 1.165) is 18.5 Å². The molecule has 0 aliphatic rings. The Bertz CT molecular complexity index is 313. The van der Waals surface area contributed by atoms with Crippen molar-refractivity contribution in [3.8, 4) is 5.88 Å². The number of ether oxygens (including phenoxy) is 1. The lowest BCUT2D eigenvalue weighted by Gasteiger charge is -2.18. The topological polar surface area (TPSA) is 34.1 Å². The fourth-order valence-corrected chi connectivity index (χ4v) is 1.81. The fraction of sp³-hybridized carbons (Fsp3) is 0.615. The molecule has 0 bridgehead atoms. The summed E-state index contributed by atoms with van der Waals surface area (Å²) in [4.78, 5) is 4.42. The van der Waals surface area contributed by atoms with Crippen LogP contribution in [0.1, 0.15) is 26.0 Å². The Kier molecular flexibility index (Phi) is 5.26. The van der Waals surface area contributed by atoms with Crippen molar-refractivity contribution in [2.24, 2.45) is 5.92 Å². The molecular weight excluding hydrogens is 200 g/mol. The SMILES string of the molecule is CNC(Cc1cccc(OC)n1)CC(C)C. The van der Waals surface area contributed by atoms with Gasteiger partial charge in [-0.2, -0.15) is 0 Å². The molecule has 3 nitrogen and oxygen atoms in total. The summed E-state index contributed by atoms with van der Waals surface area (Å²) in [6.07, 6.45) is 2.11. The molecule has 1 unspecified atom stereocenters. The summed E-state index contributed by atoms with van der Waals surface area (Å²) in [7, 11) is 3.66. The van der Waals surface area contributed by atoms with Gasteiger partial charge in [-0.1, -0.05) is 19.9 Å². The van der Waals surface area contributed by atoms with Crippen LogP contribution in [0, 0.1) is 5.92 Å². The maximum atomic E-state index is 5.12. The molecule has 0 spiro atoms. The lowest BCUT2D eigenvalue weighted by Crippen LogP contribution is -2.29. The quantitative estimate of drug-likeness (QED) is 0.801. The van der Waals surface area contributed by atoms with Crippen molar-refractivity contribution >= 4 is 0 Å². The Balaban J connectivity index is 2.62. The first-order chi connectivity index (χ1) is 7.65. The Morgan fingerprint density at radius 3 is 2.69 bits per heavy atom. The molecule has 16 heavy (non-hydrogen) atoms. The van der Waals surface area contributed by atoms with E-state index in [1.54, 1.807) is 7.11 Å². The van der Waals surface area contributed by atoms with Crippen molar-refractivity contribution in [2.45, 2.75) is 32.7 Å². The summed E-state index contributed by atoms with van der Waals surface area (Å²) >= 11 is 0.